The van der Waals surface area contributed by atoms with Crippen molar-refractivity contribution >= 4 is 44.9 Å². The Morgan fingerprint density at radius 1 is 1.16 bits per heavy atom. The van der Waals surface area contributed by atoms with Gasteiger partial charge in [0.2, 0.25) is 0 Å². The fourth-order valence-corrected chi connectivity index (χ4v) is 4.42. The fraction of sp³-hybridized carbons (Fsp3) is 0.263. The van der Waals surface area contributed by atoms with Gasteiger partial charge in [-0.05, 0) is 85.2 Å². The van der Waals surface area contributed by atoms with Crippen LogP contribution in [0.1, 0.15) is 30.8 Å². The Morgan fingerprint density at radius 3 is 2.44 bits per heavy atom. The number of hydrogen-bond donors (Lipinski definition) is 0. The van der Waals surface area contributed by atoms with Gasteiger partial charge < -0.3 is 4.57 Å². The molecule has 0 unspecified atom stereocenters. The standard InChI is InChI=1S/C19H19BrN2O2S/c1-11(2)21-18(23)17(25-19(21)24)10-14-9-12(3)22(13(14)4)16-8-6-5-7-15(16)20/h5-11H,1-4H3. The molecule has 4 nitrogen and oxygen atoms in total. The maximum Gasteiger partial charge on any atom is 0.293 e. The Balaban J connectivity index is 2.04. The molecule has 0 atom stereocenters. The summed E-state index contributed by atoms with van der Waals surface area (Å²) in [5.41, 5.74) is 4.09. The molecule has 6 heteroatoms. The third-order valence-electron chi connectivity index (χ3n) is 4.19. The second kappa shape index (κ2) is 6.84. The van der Waals surface area contributed by atoms with E-state index in [2.05, 4.69) is 20.5 Å². The lowest BCUT2D eigenvalue weighted by Crippen LogP contribution is -2.34. The predicted octanol–water partition coefficient (Wildman–Crippen LogP) is 5.30. The van der Waals surface area contributed by atoms with Crippen molar-refractivity contribution in [1.29, 1.82) is 0 Å². The molecule has 0 aliphatic carbocycles. The smallest absolute Gasteiger partial charge is 0.293 e. The lowest BCUT2D eigenvalue weighted by atomic mass is 10.2. The van der Waals surface area contributed by atoms with Gasteiger partial charge >= 0.3 is 0 Å². The van der Waals surface area contributed by atoms with Crippen LogP contribution in [0, 0.1) is 13.8 Å². The highest BCUT2D eigenvalue weighted by Crippen LogP contribution is 2.35. The van der Waals surface area contributed by atoms with Crippen molar-refractivity contribution in [3.05, 3.63) is 56.7 Å². The Bertz CT molecular complexity index is 899. The molecule has 2 aromatic rings. The van der Waals surface area contributed by atoms with E-state index in [-0.39, 0.29) is 17.2 Å². The maximum atomic E-state index is 12.5. The molecule has 0 spiro atoms. The van der Waals surface area contributed by atoms with Gasteiger partial charge in [0.25, 0.3) is 11.1 Å². The van der Waals surface area contributed by atoms with Gasteiger partial charge in [0.1, 0.15) is 0 Å². The van der Waals surface area contributed by atoms with Gasteiger partial charge in [-0.15, -0.1) is 0 Å². The van der Waals surface area contributed by atoms with E-state index in [0.29, 0.717) is 4.91 Å². The molecule has 2 heterocycles. The maximum absolute atomic E-state index is 12.5. The predicted molar refractivity (Wildman–Crippen MR) is 106 cm³/mol. The zero-order chi connectivity index (χ0) is 18.3. The van der Waals surface area contributed by atoms with Crippen LogP contribution >= 0.6 is 27.7 Å². The summed E-state index contributed by atoms with van der Waals surface area (Å²) in [5, 5.41) is -0.203. The lowest BCUT2D eigenvalue weighted by molar-refractivity contribution is -0.123. The fourth-order valence-electron chi connectivity index (χ4n) is 3.00. The van der Waals surface area contributed by atoms with Crippen LogP contribution in [0.4, 0.5) is 4.79 Å². The number of halogens is 1. The largest absolute Gasteiger partial charge is 0.317 e. The molecule has 25 heavy (non-hydrogen) atoms. The van der Waals surface area contributed by atoms with Crippen LogP contribution < -0.4 is 0 Å². The Hall–Kier alpha value is -1.79. The van der Waals surface area contributed by atoms with Crippen molar-refractivity contribution in [2.75, 3.05) is 0 Å². The number of thioether (sulfide) groups is 1. The highest BCUT2D eigenvalue weighted by atomic mass is 79.9. The number of aromatic nitrogens is 1. The number of amides is 2. The molecule has 1 aromatic carbocycles. The van der Waals surface area contributed by atoms with E-state index >= 15 is 0 Å². The number of carbonyl (C=O) groups excluding carboxylic acids is 2. The molecule has 1 fully saturated rings. The second-order valence-corrected chi connectivity index (χ2v) is 8.11. The van der Waals surface area contributed by atoms with Crippen LogP contribution in [0.5, 0.6) is 0 Å². The van der Waals surface area contributed by atoms with E-state index in [1.165, 1.54) is 4.90 Å². The highest BCUT2D eigenvalue weighted by molar-refractivity contribution is 9.10. The molecule has 130 valence electrons. The first kappa shape index (κ1) is 18.0. The van der Waals surface area contributed by atoms with Crippen molar-refractivity contribution in [3.8, 4) is 5.69 Å². The molecular weight excluding hydrogens is 400 g/mol. The summed E-state index contributed by atoms with van der Waals surface area (Å²) in [6.07, 6.45) is 1.82. The van der Waals surface area contributed by atoms with E-state index in [1.54, 1.807) is 0 Å². The highest BCUT2D eigenvalue weighted by Gasteiger charge is 2.36. The van der Waals surface area contributed by atoms with Gasteiger partial charge in [0, 0.05) is 21.9 Å². The van der Waals surface area contributed by atoms with Crippen molar-refractivity contribution in [3.63, 3.8) is 0 Å². The van der Waals surface area contributed by atoms with Crippen molar-refractivity contribution < 1.29 is 9.59 Å². The molecule has 0 saturated carbocycles. The Labute approximate surface area is 160 Å². The SMILES string of the molecule is Cc1cc(C=C2SC(=O)N(C(C)C)C2=O)c(C)n1-c1ccccc1Br. The Kier molecular flexibility index (Phi) is 4.93. The average Bonchev–Trinajstić information content (AvgIpc) is 2.97. The molecule has 1 saturated heterocycles. The summed E-state index contributed by atoms with van der Waals surface area (Å²) >= 11 is 4.60. The number of rotatable bonds is 3. The van der Waals surface area contributed by atoms with Crippen LogP contribution in [0.2, 0.25) is 0 Å². The lowest BCUT2D eigenvalue weighted by Gasteiger charge is -2.16. The molecule has 0 radical (unpaired) electrons. The molecule has 1 aromatic heterocycles. The first-order chi connectivity index (χ1) is 11.8. The van der Waals surface area contributed by atoms with Gasteiger partial charge in [0.05, 0.1) is 10.6 Å². The summed E-state index contributed by atoms with van der Waals surface area (Å²) < 4.78 is 3.14. The van der Waals surface area contributed by atoms with Crippen molar-refractivity contribution in [2.24, 2.45) is 0 Å². The number of hydrogen-bond acceptors (Lipinski definition) is 3. The van der Waals surface area contributed by atoms with Crippen LogP contribution in [-0.2, 0) is 4.79 Å². The quantitative estimate of drug-likeness (QED) is 0.634. The molecule has 2 amide bonds. The van der Waals surface area contributed by atoms with Gasteiger partial charge in [-0.25, -0.2) is 0 Å². The minimum Gasteiger partial charge on any atom is -0.317 e. The average molecular weight is 419 g/mol. The third-order valence-corrected chi connectivity index (χ3v) is 5.74. The molecule has 0 N–H and O–H groups in total. The molecule has 0 bridgehead atoms. The second-order valence-electron chi connectivity index (χ2n) is 6.26. The molecule has 1 aliphatic rings. The number of nitrogens with zero attached hydrogens (tertiary/aromatic N) is 2. The monoisotopic (exact) mass is 418 g/mol. The zero-order valence-electron chi connectivity index (χ0n) is 14.5. The summed E-state index contributed by atoms with van der Waals surface area (Å²) in [6.45, 7) is 7.74. The zero-order valence-corrected chi connectivity index (χ0v) is 16.9. The number of para-hydroxylation sites is 1. The van der Waals surface area contributed by atoms with Gasteiger partial charge in [-0.2, -0.15) is 0 Å². The minimum absolute atomic E-state index is 0.133. The summed E-state index contributed by atoms with van der Waals surface area (Å²) in [5.74, 6) is -0.212. The van der Waals surface area contributed by atoms with Gasteiger partial charge in [-0.3, -0.25) is 14.5 Å². The van der Waals surface area contributed by atoms with Crippen LogP contribution in [0.3, 0.4) is 0 Å². The first-order valence-corrected chi connectivity index (χ1v) is 9.63. The molecule has 1 aliphatic heterocycles. The van der Waals surface area contributed by atoms with Gasteiger partial charge in [-0.1, -0.05) is 12.1 Å². The first-order valence-electron chi connectivity index (χ1n) is 8.02. The number of benzene rings is 1. The summed E-state index contributed by atoms with van der Waals surface area (Å²) in [4.78, 5) is 26.3. The molecule has 3 rings (SSSR count). The van der Waals surface area contributed by atoms with E-state index in [9.17, 15) is 9.59 Å². The number of carbonyl (C=O) groups is 2. The summed E-state index contributed by atoms with van der Waals surface area (Å²) in [6, 6.07) is 9.92. The van der Waals surface area contributed by atoms with Crippen molar-refractivity contribution in [1.82, 2.24) is 9.47 Å². The Morgan fingerprint density at radius 2 is 1.84 bits per heavy atom. The van der Waals surface area contributed by atoms with Gasteiger partial charge in [0.15, 0.2) is 0 Å². The number of imide groups is 1. The van der Waals surface area contributed by atoms with E-state index in [1.807, 2.05) is 64.1 Å². The third kappa shape index (κ3) is 3.20. The topological polar surface area (TPSA) is 42.3 Å². The van der Waals surface area contributed by atoms with E-state index in [0.717, 1.165) is 38.9 Å². The normalized spacial score (nSPS) is 16.6. The summed E-state index contributed by atoms with van der Waals surface area (Å²) in [7, 11) is 0. The van der Waals surface area contributed by atoms with E-state index in [4.69, 9.17) is 0 Å². The van der Waals surface area contributed by atoms with Crippen LogP contribution in [-0.4, -0.2) is 26.7 Å². The van der Waals surface area contributed by atoms with Crippen molar-refractivity contribution in [2.45, 2.75) is 33.7 Å². The minimum atomic E-state index is -0.212. The number of aryl methyl sites for hydroxylation is 1. The van der Waals surface area contributed by atoms with Crippen LogP contribution in [0.25, 0.3) is 11.8 Å². The molecular formula is C19H19BrN2O2S. The van der Waals surface area contributed by atoms with E-state index < -0.39 is 0 Å². The van der Waals surface area contributed by atoms with Crippen LogP contribution in [0.15, 0.2) is 39.7 Å².